The fraction of sp³-hybridized carbons (Fsp3) is 0.593. The number of hydrogen-bond donors (Lipinski definition) is 1. The molecule has 0 heterocycles. The smallest absolute Gasteiger partial charge is 0.173 e. The molecule has 0 radical (unpaired) electrons. The maximum absolute atomic E-state index is 15.1. The van der Waals surface area contributed by atoms with Crippen LogP contribution in [0.3, 0.4) is 0 Å². The predicted octanol–water partition coefficient (Wildman–Crippen LogP) is 8.16. The van der Waals surface area contributed by atoms with Crippen LogP contribution in [0.1, 0.15) is 100 Å². The molecule has 2 nitrogen and oxygen atoms in total. The van der Waals surface area contributed by atoms with Crippen molar-refractivity contribution < 1.29 is 18.7 Å². The van der Waals surface area contributed by atoms with Crippen LogP contribution in [0.5, 0.6) is 5.75 Å². The van der Waals surface area contributed by atoms with Crippen molar-refractivity contribution in [1.29, 1.82) is 0 Å². The summed E-state index contributed by atoms with van der Waals surface area (Å²) in [5, 5.41) is 10.2. The molecular weight excluding hydrogens is 394 g/mol. The molecule has 0 aromatic heterocycles. The molecule has 2 aliphatic rings. The maximum Gasteiger partial charge on any atom is 0.173 e. The van der Waals surface area contributed by atoms with Crippen LogP contribution in [0.15, 0.2) is 30.1 Å². The molecule has 1 N–H and O–H groups in total. The highest BCUT2D eigenvalue weighted by Crippen LogP contribution is 2.45. The van der Waals surface area contributed by atoms with E-state index in [1.807, 2.05) is 6.92 Å². The van der Waals surface area contributed by atoms with E-state index < -0.39 is 11.6 Å². The predicted molar refractivity (Wildman–Crippen MR) is 122 cm³/mol. The Morgan fingerprint density at radius 3 is 2.52 bits per heavy atom. The van der Waals surface area contributed by atoms with E-state index in [2.05, 4.69) is 19.1 Å². The quantitative estimate of drug-likeness (QED) is 0.334. The van der Waals surface area contributed by atoms with Gasteiger partial charge in [0.25, 0.3) is 0 Å². The Kier molecular flexibility index (Phi) is 8.45. The third kappa shape index (κ3) is 5.64. The van der Waals surface area contributed by atoms with Gasteiger partial charge in [0.1, 0.15) is 5.83 Å². The second-order valence-electron chi connectivity index (χ2n) is 9.31. The van der Waals surface area contributed by atoms with Gasteiger partial charge in [-0.2, -0.15) is 0 Å². The number of ketones is 1. The molecule has 1 atom stereocenters. The van der Waals surface area contributed by atoms with E-state index in [4.69, 9.17) is 0 Å². The fourth-order valence-corrected chi connectivity index (χ4v) is 5.44. The zero-order valence-electron chi connectivity index (χ0n) is 18.9. The summed E-state index contributed by atoms with van der Waals surface area (Å²) < 4.78 is 29.9. The lowest BCUT2D eigenvalue weighted by Crippen LogP contribution is -2.24. The van der Waals surface area contributed by atoms with Crippen LogP contribution in [0, 0.1) is 23.6 Å². The molecule has 1 saturated carbocycles. The highest BCUT2D eigenvalue weighted by Gasteiger charge is 2.32. The minimum absolute atomic E-state index is 0.0102. The summed E-state index contributed by atoms with van der Waals surface area (Å²) in [7, 11) is 0. The second-order valence-corrected chi connectivity index (χ2v) is 9.31. The summed E-state index contributed by atoms with van der Waals surface area (Å²) in [6.07, 6.45) is 14.1. The summed E-state index contributed by atoms with van der Waals surface area (Å²) in [4.78, 5) is 12.1. The highest BCUT2D eigenvalue weighted by molar-refractivity contribution is 5.99. The van der Waals surface area contributed by atoms with E-state index in [1.165, 1.54) is 31.4 Å². The molecule has 0 amide bonds. The van der Waals surface area contributed by atoms with Gasteiger partial charge in [-0.3, -0.25) is 4.79 Å². The van der Waals surface area contributed by atoms with Crippen LogP contribution in [-0.4, -0.2) is 10.9 Å². The minimum atomic E-state index is -0.868. The summed E-state index contributed by atoms with van der Waals surface area (Å²) in [6.45, 7) is 3.92. The highest BCUT2D eigenvalue weighted by atomic mass is 19.1. The van der Waals surface area contributed by atoms with Crippen molar-refractivity contribution in [2.75, 3.05) is 0 Å². The summed E-state index contributed by atoms with van der Waals surface area (Å²) in [5.41, 5.74) is 0.455. The summed E-state index contributed by atoms with van der Waals surface area (Å²) >= 11 is 0. The van der Waals surface area contributed by atoms with Crippen LogP contribution in [-0.2, 0) is 0 Å². The molecule has 0 aliphatic heterocycles. The zero-order valence-corrected chi connectivity index (χ0v) is 18.9. The van der Waals surface area contributed by atoms with Gasteiger partial charge in [0.05, 0.1) is 5.56 Å². The van der Waals surface area contributed by atoms with E-state index in [0.29, 0.717) is 36.7 Å². The minimum Gasteiger partial charge on any atom is -0.504 e. The van der Waals surface area contributed by atoms with Crippen LogP contribution in [0.4, 0.5) is 8.78 Å². The standard InChI is InChI=1S/C27H36F2O2/c1-3-5-6-8-18-9-11-19(12-10-18)20-13-14-21(24(28)17-20)22-15-16-23(25(30)7-4-2)27(31)26(22)29/h3,5,15-16,18-20,31H,4,6-14,17H2,1-2H3. The number of benzene rings is 1. The lowest BCUT2D eigenvalue weighted by Gasteiger charge is -2.36. The average molecular weight is 431 g/mol. The first kappa shape index (κ1) is 23.7. The molecule has 1 aromatic carbocycles. The number of phenols is 1. The molecule has 2 aliphatic carbocycles. The molecule has 0 saturated heterocycles. The van der Waals surface area contributed by atoms with E-state index in [-0.39, 0.29) is 29.2 Å². The number of rotatable bonds is 8. The van der Waals surface area contributed by atoms with Gasteiger partial charge in [-0.05, 0) is 81.3 Å². The van der Waals surface area contributed by atoms with Gasteiger partial charge in [-0.25, -0.2) is 8.78 Å². The Labute approximate surface area is 185 Å². The van der Waals surface area contributed by atoms with Crippen LogP contribution < -0.4 is 0 Å². The first-order chi connectivity index (χ1) is 15.0. The SMILES string of the molecule is CC=CCCC1CCC(C2CCC(c3ccc(C(=O)CCC)c(O)c3F)=C(F)C2)CC1. The fourth-order valence-electron chi connectivity index (χ4n) is 5.44. The number of halogens is 2. The summed E-state index contributed by atoms with van der Waals surface area (Å²) in [5.74, 6) is -0.387. The van der Waals surface area contributed by atoms with E-state index in [9.17, 15) is 14.3 Å². The van der Waals surface area contributed by atoms with Crippen molar-refractivity contribution in [2.24, 2.45) is 17.8 Å². The number of allylic oxidation sites excluding steroid dienone is 4. The third-order valence-corrected chi connectivity index (χ3v) is 7.29. The van der Waals surface area contributed by atoms with Crippen LogP contribution >= 0.6 is 0 Å². The Morgan fingerprint density at radius 2 is 1.87 bits per heavy atom. The Morgan fingerprint density at radius 1 is 1.13 bits per heavy atom. The van der Waals surface area contributed by atoms with Gasteiger partial charge < -0.3 is 5.11 Å². The molecule has 31 heavy (non-hydrogen) atoms. The van der Waals surface area contributed by atoms with Crippen molar-refractivity contribution in [3.63, 3.8) is 0 Å². The molecule has 0 bridgehead atoms. The number of carbonyl (C=O) groups excluding carboxylic acids is 1. The molecule has 1 unspecified atom stereocenters. The topological polar surface area (TPSA) is 37.3 Å². The van der Waals surface area contributed by atoms with E-state index >= 15 is 4.39 Å². The molecule has 1 aromatic rings. The zero-order chi connectivity index (χ0) is 22.4. The average Bonchev–Trinajstić information content (AvgIpc) is 2.77. The number of phenolic OH excluding ortho intramolecular Hbond substituents is 1. The monoisotopic (exact) mass is 430 g/mol. The number of aromatic hydroxyl groups is 1. The van der Waals surface area contributed by atoms with Gasteiger partial charge in [0, 0.05) is 18.4 Å². The second kappa shape index (κ2) is 11.1. The first-order valence-electron chi connectivity index (χ1n) is 12.0. The van der Waals surface area contributed by atoms with Crippen molar-refractivity contribution in [3.05, 3.63) is 47.1 Å². The Hall–Kier alpha value is -1.97. The van der Waals surface area contributed by atoms with Crippen molar-refractivity contribution >= 4 is 11.4 Å². The molecular formula is C27H36F2O2. The maximum atomic E-state index is 15.1. The third-order valence-electron chi connectivity index (χ3n) is 7.29. The molecule has 1 fully saturated rings. The van der Waals surface area contributed by atoms with Gasteiger partial charge in [-0.1, -0.05) is 38.0 Å². The van der Waals surface area contributed by atoms with E-state index in [1.54, 1.807) is 0 Å². The Bertz CT molecular complexity index is 832. The number of hydrogen-bond acceptors (Lipinski definition) is 2. The molecule has 3 rings (SSSR count). The van der Waals surface area contributed by atoms with E-state index in [0.717, 1.165) is 31.6 Å². The lowest BCUT2D eigenvalue weighted by atomic mass is 9.70. The van der Waals surface area contributed by atoms with Crippen molar-refractivity contribution in [1.82, 2.24) is 0 Å². The van der Waals surface area contributed by atoms with Gasteiger partial charge in [-0.15, -0.1) is 0 Å². The van der Waals surface area contributed by atoms with Crippen molar-refractivity contribution in [3.8, 4) is 5.75 Å². The van der Waals surface area contributed by atoms with Crippen LogP contribution in [0.25, 0.3) is 5.57 Å². The van der Waals surface area contributed by atoms with Gasteiger partial charge in [0.2, 0.25) is 0 Å². The molecule has 170 valence electrons. The normalized spacial score (nSPS) is 24.7. The largest absolute Gasteiger partial charge is 0.504 e. The van der Waals surface area contributed by atoms with Crippen LogP contribution in [0.2, 0.25) is 0 Å². The first-order valence-corrected chi connectivity index (χ1v) is 12.0. The number of carbonyl (C=O) groups is 1. The molecule has 0 spiro atoms. The molecule has 4 heteroatoms. The Balaban J connectivity index is 1.65. The number of Topliss-reactive ketones (excluding diaryl/α,β-unsaturated/α-hetero) is 1. The van der Waals surface area contributed by atoms with Gasteiger partial charge in [0.15, 0.2) is 17.3 Å². The van der Waals surface area contributed by atoms with Gasteiger partial charge >= 0.3 is 0 Å². The van der Waals surface area contributed by atoms with Crippen molar-refractivity contribution in [2.45, 2.75) is 84.5 Å². The summed E-state index contributed by atoms with van der Waals surface area (Å²) in [6, 6.07) is 2.90. The lowest BCUT2D eigenvalue weighted by molar-refractivity contribution is 0.0978.